The first-order valence-electron chi connectivity index (χ1n) is 5.01. The molecule has 2 rings (SSSR count). The van der Waals surface area contributed by atoms with Crippen molar-refractivity contribution in [1.29, 1.82) is 0 Å². The highest BCUT2D eigenvalue weighted by molar-refractivity contribution is 6.51. The van der Waals surface area contributed by atoms with Crippen LogP contribution in [0.25, 0.3) is 0 Å². The minimum atomic E-state index is -1.37. The first-order valence-corrected chi connectivity index (χ1v) is 6.52. The van der Waals surface area contributed by atoms with Crippen LogP contribution in [0.3, 0.4) is 0 Å². The van der Waals surface area contributed by atoms with Gasteiger partial charge in [0.05, 0.1) is 10.1 Å². The van der Waals surface area contributed by atoms with Crippen molar-refractivity contribution in [2.24, 2.45) is 5.92 Å². The molecular formula is C10H12Cl4O3. The summed E-state index contributed by atoms with van der Waals surface area (Å²) in [5.74, 6) is -1.75. The van der Waals surface area contributed by atoms with Gasteiger partial charge in [0.2, 0.25) is 5.79 Å². The standard InChI is InChI=1S/C10H12Cl4O3/c1-16-10(17-2)8(13)3-5(4-15)9(10,14)7(12)6(8)11/h5,15H,3-4H2,1-2H3. The van der Waals surface area contributed by atoms with Gasteiger partial charge in [-0.05, 0) is 6.42 Å². The number of hydrogen-bond acceptors (Lipinski definition) is 3. The molecule has 3 unspecified atom stereocenters. The maximum atomic E-state index is 9.42. The third kappa shape index (κ3) is 1.27. The Bertz CT molecular complexity index is 382. The van der Waals surface area contributed by atoms with E-state index in [0.717, 1.165) is 0 Å². The monoisotopic (exact) mass is 320 g/mol. The van der Waals surface area contributed by atoms with E-state index in [9.17, 15) is 5.11 Å². The Morgan fingerprint density at radius 1 is 1.24 bits per heavy atom. The Labute approximate surface area is 120 Å². The summed E-state index contributed by atoms with van der Waals surface area (Å²) in [4.78, 5) is -2.42. The van der Waals surface area contributed by atoms with Gasteiger partial charge >= 0.3 is 0 Å². The Morgan fingerprint density at radius 3 is 2.12 bits per heavy atom. The molecule has 1 fully saturated rings. The molecule has 0 amide bonds. The summed E-state index contributed by atoms with van der Waals surface area (Å²) < 4.78 is 10.8. The molecule has 1 N–H and O–H groups in total. The molecule has 3 nitrogen and oxygen atoms in total. The van der Waals surface area contributed by atoms with Gasteiger partial charge in [0, 0.05) is 26.7 Å². The molecule has 7 heteroatoms. The molecule has 0 aromatic carbocycles. The van der Waals surface area contributed by atoms with E-state index in [4.69, 9.17) is 55.9 Å². The number of halogens is 4. The summed E-state index contributed by atoms with van der Waals surface area (Å²) in [5, 5.41) is 9.83. The maximum Gasteiger partial charge on any atom is 0.217 e. The zero-order valence-corrected chi connectivity index (χ0v) is 12.3. The normalized spacial score (nSPS) is 43.6. The number of fused-ring (bicyclic) bond motifs is 2. The van der Waals surface area contributed by atoms with Gasteiger partial charge in [-0.1, -0.05) is 23.2 Å². The molecule has 3 atom stereocenters. The van der Waals surface area contributed by atoms with E-state index in [1.54, 1.807) is 0 Å². The first kappa shape index (κ1) is 14.2. The minimum Gasteiger partial charge on any atom is -0.396 e. The van der Waals surface area contributed by atoms with Crippen LogP contribution in [0, 0.1) is 5.92 Å². The molecule has 0 saturated heterocycles. The third-order valence-corrected chi connectivity index (χ3v) is 6.37. The van der Waals surface area contributed by atoms with E-state index in [0.29, 0.717) is 6.42 Å². The summed E-state index contributed by atoms with van der Waals surface area (Å²) in [6, 6.07) is 0. The van der Waals surface area contributed by atoms with Crippen LogP contribution < -0.4 is 0 Å². The highest BCUT2D eigenvalue weighted by Crippen LogP contribution is 2.71. The maximum absolute atomic E-state index is 9.42. The van der Waals surface area contributed by atoms with E-state index in [1.165, 1.54) is 14.2 Å². The van der Waals surface area contributed by atoms with Gasteiger partial charge in [0.1, 0.15) is 9.75 Å². The predicted molar refractivity (Wildman–Crippen MR) is 67.8 cm³/mol. The highest BCUT2D eigenvalue weighted by Gasteiger charge is 2.80. The fraction of sp³-hybridized carbons (Fsp3) is 0.800. The summed E-state index contributed by atoms with van der Waals surface area (Å²) in [6.07, 6.45) is 0.339. The molecule has 0 aromatic heterocycles. The number of methoxy groups -OCH3 is 2. The molecule has 17 heavy (non-hydrogen) atoms. The van der Waals surface area contributed by atoms with Crippen LogP contribution in [-0.4, -0.2) is 41.5 Å². The van der Waals surface area contributed by atoms with Gasteiger partial charge in [0.15, 0.2) is 0 Å². The number of aliphatic hydroxyl groups is 1. The zero-order chi connectivity index (χ0) is 13.1. The quantitative estimate of drug-likeness (QED) is 0.641. The average Bonchev–Trinajstić information content (AvgIpc) is 2.60. The average molecular weight is 322 g/mol. The molecule has 0 radical (unpaired) electrons. The molecule has 2 aliphatic carbocycles. The summed E-state index contributed by atoms with van der Waals surface area (Å²) >= 11 is 25.4. The van der Waals surface area contributed by atoms with E-state index in [2.05, 4.69) is 0 Å². The van der Waals surface area contributed by atoms with E-state index < -0.39 is 15.5 Å². The van der Waals surface area contributed by atoms with Crippen molar-refractivity contribution in [2.45, 2.75) is 22.0 Å². The second kappa shape index (κ2) is 4.14. The van der Waals surface area contributed by atoms with Crippen LogP contribution in [0.5, 0.6) is 0 Å². The Hall–Kier alpha value is 0.780. The van der Waals surface area contributed by atoms with Gasteiger partial charge in [-0.15, -0.1) is 23.2 Å². The smallest absolute Gasteiger partial charge is 0.217 e. The van der Waals surface area contributed by atoms with E-state index in [-0.39, 0.29) is 22.6 Å². The Balaban J connectivity index is 2.68. The second-order valence-corrected chi connectivity index (χ2v) is 6.25. The number of alkyl halides is 2. The number of hydrogen-bond donors (Lipinski definition) is 1. The Kier molecular flexibility index (Phi) is 3.45. The molecule has 1 saturated carbocycles. The first-order chi connectivity index (χ1) is 7.85. The van der Waals surface area contributed by atoms with Crippen molar-refractivity contribution in [2.75, 3.05) is 20.8 Å². The van der Waals surface area contributed by atoms with Crippen molar-refractivity contribution in [3.63, 3.8) is 0 Å². The third-order valence-electron chi connectivity index (χ3n) is 3.75. The van der Waals surface area contributed by atoms with Gasteiger partial charge in [-0.25, -0.2) is 0 Å². The predicted octanol–water partition coefficient (Wildman–Crippen LogP) is 2.65. The van der Waals surface area contributed by atoms with Crippen molar-refractivity contribution in [3.8, 4) is 0 Å². The lowest BCUT2D eigenvalue weighted by Crippen LogP contribution is -2.57. The van der Waals surface area contributed by atoms with Crippen molar-refractivity contribution in [1.82, 2.24) is 0 Å². The number of ether oxygens (including phenoxy) is 2. The van der Waals surface area contributed by atoms with E-state index >= 15 is 0 Å². The molecule has 0 spiro atoms. The topological polar surface area (TPSA) is 38.7 Å². The van der Waals surface area contributed by atoms with Crippen LogP contribution in [0.1, 0.15) is 6.42 Å². The van der Waals surface area contributed by atoms with Crippen LogP contribution in [-0.2, 0) is 9.47 Å². The largest absolute Gasteiger partial charge is 0.396 e. The molecule has 0 aliphatic heterocycles. The van der Waals surface area contributed by atoms with Crippen LogP contribution in [0.2, 0.25) is 0 Å². The number of rotatable bonds is 3. The van der Waals surface area contributed by atoms with Crippen LogP contribution >= 0.6 is 46.4 Å². The molecule has 98 valence electrons. The lowest BCUT2D eigenvalue weighted by Gasteiger charge is -2.41. The lowest BCUT2D eigenvalue weighted by atomic mass is 9.92. The van der Waals surface area contributed by atoms with Crippen molar-refractivity contribution in [3.05, 3.63) is 10.1 Å². The second-order valence-electron chi connectivity index (χ2n) is 4.25. The van der Waals surface area contributed by atoms with Crippen molar-refractivity contribution >= 4 is 46.4 Å². The number of aliphatic hydroxyl groups excluding tert-OH is 1. The minimum absolute atomic E-state index is 0.174. The van der Waals surface area contributed by atoms with Gasteiger partial charge in [-0.3, -0.25) is 0 Å². The van der Waals surface area contributed by atoms with Crippen molar-refractivity contribution < 1.29 is 14.6 Å². The fourth-order valence-electron chi connectivity index (χ4n) is 2.96. The molecule has 0 aromatic rings. The van der Waals surface area contributed by atoms with Crippen LogP contribution in [0.15, 0.2) is 10.1 Å². The molecule has 0 heterocycles. The zero-order valence-electron chi connectivity index (χ0n) is 9.27. The van der Waals surface area contributed by atoms with E-state index in [1.807, 2.05) is 0 Å². The summed E-state index contributed by atoms with van der Waals surface area (Å²) in [5.41, 5.74) is 0. The fourth-order valence-corrected chi connectivity index (χ4v) is 5.03. The Morgan fingerprint density at radius 2 is 1.76 bits per heavy atom. The summed E-state index contributed by atoms with van der Waals surface area (Å²) in [7, 11) is 2.86. The van der Waals surface area contributed by atoms with Gasteiger partial charge in [-0.2, -0.15) is 0 Å². The molecular weight excluding hydrogens is 310 g/mol. The SMILES string of the molecule is COC1(OC)C2(Cl)CC(CO)C1(Cl)C(Cl)=C2Cl. The van der Waals surface area contributed by atoms with Crippen LogP contribution in [0.4, 0.5) is 0 Å². The molecule has 2 bridgehead atoms. The summed E-state index contributed by atoms with van der Waals surface area (Å²) in [6.45, 7) is -0.174. The molecule has 2 aliphatic rings. The van der Waals surface area contributed by atoms with Gasteiger partial charge < -0.3 is 14.6 Å². The lowest BCUT2D eigenvalue weighted by molar-refractivity contribution is -0.219. The van der Waals surface area contributed by atoms with Gasteiger partial charge in [0.25, 0.3) is 0 Å². The highest BCUT2D eigenvalue weighted by atomic mass is 35.5.